The summed E-state index contributed by atoms with van der Waals surface area (Å²) >= 11 is 0. The van der Waals surface area contributed by atoms with Crippen molar-refractivity contribution < 1.29 is 9.90 Å². The Labute approximate surface area is 113 Å². The van der Waals surface area contributed by atoms with Gasteiger partial charge < -0.3 is 16.2 Å². The predicted molar refractivity (Wildman–Crippen MR) is 75.3 cm³/mol. The summed E-state index contributed by atoms with van der Waals surface area (Å²) in [6.07, 6.45) is 7.76. The van der Waals surface area contributed by atoms with Gasteiger partial charge in [-0.05, 0) is 31.7 Å². The van der Waals surface area contributed by atoms with Crippen molar-refractivity contribution in [2.24, 2.45) is 5.92 Å². The highest BCUT2D eigenvalue weighted by Crippen LogP contribution is 2.28. The topological polar surface area (TPSA) is 88.2 Å². The van der Waals surface area contributed by atoms with Gasteiger partial charge in [0.2, 0.25) is 0 Å². The van der Waals surface area contributed by atoms with Gasteiger partial charge in [-0.3, -0.25) is 0 Å². The third kappa shape index (κ3) is 3.36. The molecule has 1 heterocycles. The molecule has 2 rings (SSSR count). The van der Waals surface area contributed by atoms with Crippen LogP contribution in [0.4, 0.5) is 11.5 Å². The van der Waals surface area contributed by atoms with E-state index in [9.17, 15) is 4.79 Å². The summed E-state index contributed by atoms with van der Waals surface area (Å²) < 4.78 is 0. The summed E-state index contributed by atoms with van der Waals surface area (Å²) in [6.45, 7) is 2.13. The molecule has 0 bridgehead atoms. The molecule has 0 radical (unpaired) electrons. The van der Waals surface area contributed by atoms with Gasteiger partial charge in [0.1, 0.15) is 5.82 Å². The van der Waals surface area contributed by atoms with Gasteiger partial charge in [-0.25, -0.2) is 9.78 Å². The summed E-state index contributed by atoms with van der Waals surface area (Å²) in [4.78, 5) is 15.2. The highest BCUT2D eigenvalue weighted by Gasteiger charge is 2.20. The highest BCUT2D eigenvalue weighted by molar-refractivity contribution is 5.94. The Balaban J connectivity index is 2.05. The minimum Gasteiger partial charge on any atom is -0.478 e. The van der Waals surface area contributed by atoms with Gasteiger partial charge in [-0.2, -0.15) is 0 Å². The largest absolute Gasteiger partial charge is 0.478 e. The molecule has 1 atom stereocenters. The second-order valence-electron chi connectivity index (χ2n) is 5.29. The van der Waals surface area contributed by atoms with Gasteiger partial charge in [0.05, 0.1) is 17.4 Å². The number of nitrogens with zero attached hydrogens (tertiary/aromatic N) is 1. The van der Waals surface area contributed by atoms with Gasteiger partial charge in [0.15, 0.2) is 0 Å². The first-order chi connectivity index (χ1) is 9.08. The Morgan fingerprint density at radius 2 is 2.16 bits per heavy atom. The smallest absolute Gasteiger partial charge is 0.337 e. The maximum Gasteiger partial charge on any atom is 0.337 e. The zero-order chi connectivity index (χ0) is 13.8. The van der Waals surface area contributed by atoms with Crippen LogP contribution in [0.1, 0.15) is 49.4 Å². The third-order valence-electron chi connectivity index (χ3n) is 3.90. The number of carboxylic acids is 1. The fraction of sp³-hybridized carbons (Fsp3) is 0.571. The Morgan fingerprint density at radius 3 is 2.79 bits per heavy atom. The molecule has 1 saturated carbocycles. The number of hydrogen-bond acceptors (Lipinski definition) is 4. The standard InChI is InChI=1S/C14H21N3O2/c1-9(10-5-3-2-4-6-10)17-13-7-11(14(18)19)12(15)8-16-13/h7-10H,2-6,15H2,1H3,(H,16,17)(H,18,19). The number of anilines is 2. The summed E-state index contributed by atoms with van der Waals surface area (Å²) in [5.41, 5.74) is 5.90. The lowest BCUT2D eigenvalue weighted by atomic mass is 9.84. The quantitative estimate of drug-likeness (QED) is 0.777. The lowest BCUT2D eigenvalue weighted by molar-refractivity contribution is 0.0698. The second-order valence-corrected chi connectivity index (χ2v) is 5.29. The summed E-state index contributed by atoms with van der Waals surface area (Å²) in [7, 11) is 0. The van der Waals surface area contributed by atoms with Crippen molar-refractivity contribution in [2.75, 3.05) is 11.1 Å². The van der Waals surface area contributed by atoms with Crippen molar-refractivity contribution in [2.45, 2.75) is 45.1 Å². The molecule has 4 N–H and O–H groups in total. The van der Waals surface area contributed by atoms with Crippen molar-refractivity contribution in [1.29, 1.82) is 0 Å². The molecule has 1 fully saturated rings. The first-order valence-corrected chi connectivity index (χ1v) is 6.83. The zero-order valence-corrected chi connectivity index (χ0v) is 11.2. The molecule has 5 heteroatoms. The van der Waals surface area contributed by atoms with Crippen molar-refractivity contribution in [3.05, 3.63) is 17.8 Å². The van der Waals surface area contributed by atoms with Crippen LogP contribution < -0.4 is 11.1 Å². The van der Waals surface area contributed by atoms with Gasteiger partial charge in [0, 0.05) is 6.04 Å². The molecule has 1 aliphatic rings. The monoisotopic (exact) mass is 263 g/mol. The van der Waals surface area contributed by atoms with Crippen LogP contribution in [0, 0.1) is 5.92 Å². The molecule has 1 aromatic rings. The molecular formula is C14H21N3O2. The third-order valence-corrected chi connectivity index (χ3v) is 3.90. The molecule has 0 saturated heterocycles. The van der Waals surface area contributed by atoms with Crippen molar-refractivity contribution in [3.63, 3.8) is 0 Å². The van der Waals surface area contributed by atoms with Crippen molar-refractivity contribution in [3.8, 4) is 0 Å². The summed E-state index contributed by atoms with van der Waals surface area (Å²) in [5.74, 6) is 0.208. The lowest BCUT2D eigenvalue weighted by Gasteiger charge is -2.28. The van der Waals surface area contributed by atoms with Crippen LogP contribution in [0.2, 0.25) is 0 Å². The molecule has 0 aromatic carbocycles. The SMILES string of the molecule is CC(Nc1cc(C(=O)O)c(N)cn1)C1CCCCC1. The van der Waals surface area contributed by atoms with E-state index in [-0.39, 0.29) is 11.3 Å². The first kappa shape index (κ1) is 13.6. The highest BCUT2D eigenvalue weighted by atomic mass is 16.4. The number of aromatic carboxylic acids is 1. The maximum absolute atomic E-state index is 11.0. The van der Waals surface area contributed by atoms with Crippen molar-refractivity contribution in [1.82, 2.24) is 4.98 Å². The molecule has 1 unspecified atom stereocenters. The van der Waals surface area contributed by atoms with E-state index in [0.717, 1.165) is 0 Å². The van der Waals surface area contributed by atoms with E-state index in [1.807, 2.05) is 0 Å². The molecule has 0 amide bonds. The summed E-state index contributed by atoms with van der Waals surface area (Å²) in [6, 6.07) is 1.81. The Kier molecular flexibility index (Phi) is 4.24. The molecule has 1 aromatic heterocycles. The van der Waals surface area contributed by atoms with Crippen LogP contribution in [0.15, 0.2) is 12.3 Å². The predicted octanol–water partition coefficient (Wildman–Crippen LogP) is 2.74. The number of nitrogen functional groups attached to an aromatic ring is 1. The maximum atomic E-state index is 11.0. The average molecular weight is 263 g/mol. The van der Waals surface area contributed by atoms with E-state index < -0.39 is 5.97 Å². The van der Waals surface area contributed by atoms with Gasteiger partial charge in [0.25, 0.3) is 0 Å². The van der Waals surface area contributed by atoms with Crippen LogP contribution in [-0.2, 0) is 0 Å². The van der Waals surface area contributed by atoms with Crippen LogP contribution in [0.5, 0.6) is 0 Å². The molecule has 0 aliphatic heterocycles. The van der Waals surface area contributed by atoms with E-state index in [4.69, 9.17) is 10.8 Å². The lowest BCUT2D eigenvalue weighted by Crippen LogP contribution is -2.28. The van der Waals surface area contributed by atoms with Crippen LogP contribution in [0.3, 0.4) is 0 Å². The molecule has 0 spiro atoms. The van der Waals surface area contributed by atoms with Gasteiger partial charge in [-0.1, -0.05) is 19.3 Å². The van der Waals surface area contributed by atoms with E-state index >= 15 is 0 Å². The number of nitrogens with two attached hydrogens (primary N) is 1. The summed E-state index contributed by atoms with van der Waals surface area (Å²) in [5, 5.41) is 12.3. The fourth-order valence-corrected chi connectivity index (χ4v) is 2.72. The van der Waals surface area contributed by atoms with Gasteiger partial charge in [-0.15, -0.1) is 0 Å². The number of carboxylic acid groups (broad SMARTS) is 1. The fourth-order valence-electron chi connectivity index (χ4n) is 2.72. The Hall–Kier alpha value is -1.78. The molecule has 1 aliphatic carbocycles. The Bertz CT molecular complexity index is 456. The van der Waals surface area contributed by atoms with Gasteiger partial charge >= 0.3 is 5.97 Å². The second kappa shape index (κ2) is 5.91. The normalized spacial score (nSPS) is 17.9. The molecule has 104 valence electrons. The number of aromatic nitrogens is 1. The zero-order valence-electron chi connectivity index (χ0n) is 11.2. The number of carbonyl (C=O) groups is 1. The molecule has 19 heavy (non-hydrogen) atoms. The van der Waals surface area contributed by atoms with E-state index in [1.165, 1.54) is 44.4 Å². The minimum absolute atomic E-state index is 0.105. The number of nitrogens with one attached hydrogen (secondary N) is 1. The van der Waals surface area contributed by atoms with Crippen LogP contribution in [0.25, 0.3) is 0 Å². The van der Waals surface area contributed by atoms with Crippen LogP contribution >= 0.6 is 0 Å². The molecule has 5 nitrogen and oxygen atoms in total. The first-order valence-electron chi connectivity index (χ1n) is 6.83. The number of pyridine rings is 1. The van der Waals surface area contributed by atoms with Crippen LogP contribution in [-0.4, -0.2) is 22.1 Å². The number of rotatable bonds is 4. The number of hydrogen-bond donors (Lipinski definition) is 3. The van der Waals surface area contributed by atoms with E-state index in [0.29, 0.717) is 17.8 Å². The molecular weight excluding hydrogens is 242 g/mol. The minimum atomic E-state index is -1.02. The average Bonchev–Trinajstić information content (AvgIpc) is 2.41. The van der Waals surface area contributed by atoms with E-state index in [2.05, 4.69) is 17.2 Å². The van der Waals surface area contributed by atoms with E-state index in [1.54, 1.807) is 0 Å². The Morgan fingerprint density at radius 1 is 1.47 bits per heavy atom. The van der Waals surface area contributed by atoms with Crippen molar-refractivity contribution >= 4 is 17.5 Å².